The van der Waals surface area contributed by atoms with Gasteiger partial charge in [-0.15, -0.1) is 0 Å². The maximum Gasteiger partial charge on any atom is 0.330 e. The van der Waals surface area contributed by atoms with Crippen LogP contribution in [0.5, 0.6) is 0 Å². The number of hydrogen-bond donors (Lipinski definition) is 0. The average molecular weight is 741 g/mol. The molecule has 0 aliphatic rings. The molecule has 2 heteroatoms. The highest BCUT2D eigenvalue weighted by molar-refractivity contribution is 5.82. The fourth-order valence-electron chi connectivity index (χ4n) is 6.23. The van der Waals surface area contributed by atoms with Crippen LogP contribution in [-0.2, 0) is 9.53 Å². The Bertz CT molecular complexity index is 1370. The average Bonchev–Trinajstić information content (AvgIpc) is 3.08. The van der Waals surface area contributed by atoms with Crippen molar-refractivity contribution >= 4 is 5.97 Å². The van der Waals surface area contributed by atoms with Gasteiger partial charge in [0.15, 0.2) is 0 Å². The van der Waals surface area contributed by atoms with Crippen molar-refractivity contribution in [3.63, 3.8) is 0 Å². The summed E-state index contributed by atoms with van der Waals surface area (Å²) in [4.78, 5) is 11.6. The van der Waals surface area contributed by atoms with E-state index in [0.29, 0.717) is 6.61 Å². The van der Waals surface area contributed by atoms with Gasteiger partial charge in [-0.25, -0.2) is 4.79 Å². The van der Waals surface area contributed by atoms with Gasteiger partial charge in [-0.1, -0.05) is 110 Å². The van der Waals surface area contributed by atoms with Crippen molar-refractivity contribution in [3.05, 3.63) is 116 Å². The van der Waals surface area contributed by atoms with Crippen molar-refractivity contribution in [2.24, 2.45) is 0 Å². The molecule has 0 saturated heterocycles. The van der Waals surface area contributed by atoms with Crippen molar-refractivity contribution in [3.8, 4) is 0 Å². The molecule has 304 valence electrons. The molecular weight excluding hydrogens is 657 g/mol. The van der Waals surface area contributed by atoms with Gasteiger partial charge in [-0.2, -0.15) is 0 Å². The van der Waals surface area contributed by atoms with E-state index in [0.717, 1.165) is 89.0 Å². The van der Waals surface area contributed by atoms with Crippen molar-refractivity contribution in [2.45, 2.75) is 199 Å². The van der Waals surface area contributed by atoms with Gasteiger partial charge < -0.3 is 4.74 Å². The zero-order valence-corrected chi connectivity index (χ0v) is 37.5. The Hall–Kier alpha value is -3.13. The summed E-state index contributed by atoms with van der Waals surface area (Å²) >= 11 is 0. The van der Waals surface area contributed by atoms with E-state index in [1.165, 1.54) is 82.3 Å². The lowest BCUT2D eigenvalue weighted by atomic mass is 10.0. The van der Waals surface area contributed by atoms with E-state index in [2.05, 4.69) is 124 Å². The van der Waals surface area contributed by atoms with E-state index in [9.17, 15) is 4.79 Å². The standard InChI is InChI=1S/C52H84O2/c1-13-54-52(53)41-51(12)40-22-39-50(11)38-21-37-49(10)36-20-35-48(9)34-19-33-47(8)32-18-31-46(7)30-17-29-45(6)28-16-27-44(5)26-15-25-43(4)24-14-23-42(2)3/h23,25,27,29,31,33,35,37,39,41H,13-22,24,26,28,30,32,34,36,38,40H2,1-12H3. The second-order valence-corrected chi connectivity index (χ2v) is 16.3. The van der Waals surface area contributed by atoms with E-state index in [1.807, 2.05) is 13.8 Å². The number of allylic oxidation sites excluding steroid dienone is 19. The Labute approximate surface area is 336 Å². The summed E-state index contributed by atoms with van der Waals surface area (Å²) in [5.74, 6) is -0.233. The van der Waals surface area contributed by atoms with Crippen LogP contribution in [0.4, 0.5) is 0 Å². The fraction of sp³-hybridized carbons (Fsp3) is 0.596. The first-order valence-corrected chi connectivity index (χ1v) is 21.4. The Balaban J connectivity index is 4.27. The largest absolute Gasteiger partial charge is 0.463 e. The molecule has 0 bridgehead atoms. The maximum absolute atomic E-state index is 11.6. The molecule has 0 heterocycles. The van der Waals surface area contributed by atoms with Gasteiger partial charge in [0, 0.05) is 6.08 Å². The summed E-state index contributed by atoms with van der Waals surface area (Å²) in [6, 6.07) is 0. The molecule has 2 nitrogen and oxygen atoms in total. The number of carbonyl (C=O) groups is 1. The predicted molar refractivity (Wildman–Crippen MR) is 243 cm³/mol. The van der Waals surface area contributed by atoms with Crippen LogP contribution in [0, 0.1) is 0 Å². The summed E-state index contributed by atoms with van der Waals surface area (Å²) in [6.45, 7) is 26.9. The minimum atomic E-state index is -0.233. The molecule has 0 aromatic carbocycles. The van der Waals surface area contributed by atoms with Crippen LogP contribution < -0.4 is 0 Å². The molecule has 0 radical (unpaired) electrons. The highest BCUT2D eigenvalue weighted by Crippen LogP contribution is 2.18. The smallest absolute Gasteiger partial charge is 0.330 e. The van der Waals surface area contributed by atoms with Gasteiger partial charge in [0.1, 0.15) is 0 Å². The van der Waals surface area contributed by atoms with Crippen LogP contribution in [0.25, 0.3) is 0 Å². The van der Waals surface area contributed by atoms with Crippen molar-refractivity contribution < 1.29 is 9.53 Å². The second kappa shape index (κ2) is 33.2. The van der Waals surface area contributed by atoms with E-state index < -0.39 is 0 Å². The zero-order valence-electron chi connectivity index (χ0n) is 37.5. The SMILES string of the molecule is CCOC(=O)C=C(C)CCC=C(C)CCC=C(C)CCC=C(C)CCC=C(C)CCC=C(C)CCC=C(C)CCC=C(C)CCC=C(C)CCC=C(C)C. The molecule has 0 aliphatic heterocycles. The van der Waals surface area contributed by atoms with Gasteiger partial charge in [-0.05, 0) is 199 Å². The molecule has 0 aromatic rings. The Morgan fingerprint density at radius 3 is 0.741 bits per heavy atom. The third-order valence-corrected chi connectivity index (χ3v) is 9.99. The minimum absolute atomic E-state index is 0.233. The van der Waals surface area contributed by atoms with Crippen molar-refractivity contribution in [1.29, 1.82) is 0 Å². The second-order valence-electron chi connectivity index (χ2n) is 16.3. The van der Waals surface area contributed by atoms with E-state index in [-0.39, 0.29) is 5.97 Å². The van der Waals surface area contributed by atoms with E-state index in [4.69, 9.17) is 4.74 Å². The topological polar surface area (TPSA) is 26.3 Å². The molecule has 0 saturated carbocycles. The highest BCUT2D eigenvalue weighted by atomic mass is 16.5. The number of rotatable bonds is 29. The van der Waals surface area contributed by atoms with Gasteiger partial charge in [0.25, 0.3) is 0 Å². The Morgan fingerprint density at radius 2 is 0.537 bits per heavy atom. The Morgan fingerprint density at radius 1 is 0.333 bits per heavy atom. The summed E-state index contributed by atoms with van der Waals surface area (Å²) < 4.78 is 4.99. The maximum atomic E-state index is 11.6. The summed E-state index contributed by atoms with van der Waals surface area (Å²) in [5.41, 5.74) is 14.5. The predicted octanol–water partition coefficient (Wildman–Crippen LogP) is 17.1. The number of carbonyl (C=O) groups excluding carboxylic acids is 1. The van der Waals surface area contributed by atoms with Gasteiger partial charge >= 0.3 is 5.97 Å². The highest BCUT2D eigenvalue weighted by Gasteiger charge is 1.99. The molecular formula is C52H84O2. The quantitative estimate of drug-likeness (QED) is 0.0434. The molecule has 0 spiro atoms. The molecule has 0 N–H and O–H groups in total. The lowest BCUT2D eigenvalue weighted by molar-refractivity contribution is -0.137. The lowest BCUT2D eigenvalue weighted by Crippen LogP contribution is -2.00. The molecule has 0 aliphatic carbocycles. The van der Waals surface area contributed by atoms with Gasteiger partial charge in [-0.3, -0.25) is 0 Å². The van der Waals surface area contributed by atoms with Crippen LogP contribution >= 0.6 is 0 Å². The van der Waals surface area contributed by atoms with E-state index in [1.54, 1.807) is 6.08 Å². The third kappa shape index (κ3) is 33.4. The number of esters is 1. The Kier molecular flexibility index (Phi) is 31.3. The zero-order chi connectivity index (χ0) is 40.6. The van der Waals surface area contributed by atoms with Crippen LogP contribution in [-0.4, -0.2) is 12.6 Å². The van der Waals surface area contributed by atoms with Crippen LogP contribution in [0.1, 0.15) is 199 Å². The van der Waals surface area contributed by atoms with Crippen LogP contribution in [0.15, 0.2) is 116 Å². The van der Waals surface area contributed by atoms with Crippen LogP contribution in [0.3, 0.4) is 0 Å². The van der Waals surface area contributed by atoms with Gasteiger partial charge in [0.2, 0.25) is 0 Å². The monoisotopic (exact) mass is 741 g/mol. The van der Waals surface area contributed by atoms with Crippen molar-refractivity contribution in [1.82, 2.24) is 0 Å². The number of ether oxygens (including phenoxy) is 1. The molecule has 0 fully saturated rings. The summed E-state index contributed by atoms with van der Waals surface area (Å²) in [5, 5.41) is 0. The van der Waals surface area contributed by atoms with Crippen molar-refractivity contribution in [2.75, 3.05) is 6.61 Å². The third-order valence-electron chi connectivity index (χ3n) is 9.99. The molecule has 0 aromatic heterocycles. The molecule has 0 atom stereocenters. The van der Waals surface area contributed by atoms with Crippen LogP contribution in [0.2, 0.25) is 0 Å². The molecule has 0 rings (SSSR count). The molecule has 54 heavy (non-hydrogen) atoms. The summed E-state index contributed by atoms with van der Waals surface area (Å²) in [6.07, 6.45) is 43.6. The fourth-order valence-corrected chi connectivity index (χ4v) is 6.23. The van der Waals surface area contributed by atoms with E-state index >= 15 is 0 Å². The summed E-state index contributed by atoms with van der Waals surface area (Å²) in [7, 11) is 0. The molecule has 0 unspecified atom stereocenters. The lowest BCUT2D eigenvalue weighted by Gasteiger charge is -2.04. The normalized spacial score (nSPS) is 14.6. The first-order chi connectivity index (χ1) is 25.7. The first-order valence-electron chi connectivity index (χ1n) is 21.4. The first kappa shape index (κ1) is 50.9. The number of hydrogen-bond acceptors (Lipinski definition) is 2. The minimum Gasteiger partial charge on any atom is -0.463 e. The molecule has 0 amide bonds. The van der Waals surface area contributed by atoms with Gasteiger partial charge in [0.05, 0.1) is 6.61 Å².